The highest BCUT2D eigenvalue weighted by molar-refractivity contribution is 7.99. The minimum Gasteiger partial charge on any atom is -0.361 e. The van der Waals surface area contributed by atoms with Crippen molar-refractivity contribution in [3.05, 3.63) is 46.8 Å². The van der Waals surface area contributed by atoms with E-state index in [9.17, 15) is 4.79 Å². The van der Waals surface area contributed by atoms with Crippen LogP contribution in [-0.4, -0.2) is 16.8 Å². The molecule has 110 valence electrons. The Morgan fingerprint density at radius 3 is 3.10 bits per heavy atom. The van der Waals surface area contributed by atoms with Crippen molar-refractivity contribution < 1.29 is 9.32 Å². The van der Waals surface area contributed by atoms with Crippen molar-refractivity contribution in [1.82, 2.24) is 10.5 Å². The Hall–Kier alpha value is -1.75. The summed E-state index contributed by atoms with van der Waals surface area (Å²) in [6.07, 6.45) is 1.64. The number of aromatic nitrogens is 1. The van der Waals surface area contributed by atoms with Crippen LogP contribution in [0, 0.1) is 6.92 Å². The Balaban J connectivity index is 1.84. The Bertz CT molecular complexity index is 666. The van der Waals surface area contributed by atoms with Gasteiger partial charge in [0.25, 0.3) is 5.91 Å². The van der Waals surface area contributed by atoms with Crippen LogP contribution in [0.2, 0.25) is 0 Å². The highest BCUT2D eigenvalue weighted by atomic mass is 32.2. The van der Waals surface area contributed by atoms with E-state index in [-0.39, 0.29) is 11.9 Å². The second-order valence-electron chi connectivity index (χ2n) is 5.12. The molecule has 1 aliphatic heterocycles. The van der Waals surface area contributed by atoms with Gasteiger partial charge >= 0.3 is 0 Å². The topological polar surface area (TPSA) is 55.1 Å². The van der Waals surface area contributed by atoms with Crippen LogP contribution in [0.15, 0.2) is 33.7 Å². The molecular formula is C16H18N2O2S. The van der Waals surface area contributed by atoms with Crippen LogP contribution in [0.25, 0.3) is 0 Å². The third-order valence-electron chi connectivity index (χ3n) is 3.76. The summed E-state index contributed by atoms with van der Waals surface area (Å²) in [5.41, 5.74) is 2.52. The van der Waals surface area contributed by atoms with Crippen LogP contribution in [0.1, 0.15) is 46.8 Å². The second kappa shape index (κ2) is 5.93. The number of nitrogens with zero attached hydrogens (tertiary/aromatic N) is 1. The fraction of sp³-hybridized carbons (Fsp3) is 0.375. The summed E-state index contributed by atoms with van der Waals surface area (Å²) in [6, 6.07) is 8.32. The predicted molar refractivity (Wildman–Crippen MR) is 82.6 cm³/mol. The number of hydrogen-bond donors (Lipinski definition) is 1. The van der Waals surface area contributed by atoms with E-state index < -0.39 is 0 Å². The molecule has 0 spiro atoms. The number of aryl methyl sites for hydroxylation is 2. The van der Waals surface area contributed by atoms with E-state index in [1.165, 1.54) is 10.5 Å². The summed E-state index contributed by atoms with van der Waals surface area (Å²) in [4.78, 5) is 13.8. The lowest BCUT2D eigenvalue weighted by Crippen LogP contribution is -2.31. The minimum atomic E-state index is -0.0858. The van der Waals surface area contributed by atoms with Crippen molar-refractivity contribution in [3.8, 4) is 0 Å². The molecule has 2 heterocycles. The van der Waals surface area contributed by atoms with Gasteiger partial charge in [0.1, 0.15) is 11.3 Å². The van der Waals surface area contributed by atoms with Gasteiger partial charge in [0, 0.05) is 10.6 Å². The molecule has 0 bridgehead atoms. The molecule has 1 aliphatic rings. The number of hydrogen-bond acceptors (Lipinski definition) is 4. The van der Waals surface area contributed by atoms with E-state index in [2.05, 4.69) is 22.6 Å². The maximum atomic E-state index is 12.6. The maximum Gasteiger partial charge on any atom is 0.257 e. The molecule has 1 aromatic heterocycles. The van der Waals surface area contributed by atoms with Crippen molar-refractivity contribution in [3.63, 3.8) is 0 Å². The van der Waals surface area contributed by atoms with Crippen LogP contribution in [0.5, 0.6) is 0 Å². The quantitative estimate of drug-likeness (QED) is 0.942. The molecule has 2 aromatic rings. The fourth-order valence-electron chi connectivity index (χ4n) is 2.67. The van der Waals surface area contributed by atoms with E-state index in [0.29, 0.717) is 17.7 Å². The van der Waals surface area contributed by atoms with E-state index in [1.807, 2.05) is 30.8 Å². The summed E-state index contributed by atoms with van der Waals surface area (Å²) in [7, 11) is 0. The molecule has 21 heavy (non-hydrogen) atoms. The number of carbonyl (C=O) groups is 1. The zero-order valence-corrected chi connectivity index (χ0v) is 13.0. The molecule has 0 aliphatic carbocycles. The first-order valence-corrected chi connectivity index (χ1v) is 8.17. The molecule has 1 aromatic carbocycles. The van der Waals surface area contributed by atoms with Gasteiger partial charge in [-0.05, 0) is 31.4 Å². The van der Waals surface area contributed by atoms with Crippen LogP contribution in [0.4, 0.5) is 0 Å². The lowest BCUT2D eigenvalue weighted by molar-refractivity contribution is 0.0932. The Morgan fingerprint density at radius 2 is 2.29 bits per heavy atom. The average Bonchev–Trinajstić information content (AvgIpc) is 2.88. The smallest absolute Gasteiger partial charge is 0.257 e. The van der Waals surface area contributed by atoms with Gasteiger partial charge in [0.2, 0.25) is 0 Å². The number of nitrogens with one attached hydrogen (secondary N) is 1. The largest absolute Gasteiger partial charge is 0.361 e. The zero-order chi connectivity index (χ0) is 14.8. The van der Waals surface area contributed by atoms with Gasteiger partial charge in [0.05, 0.1) is 11.7 Å². The van der Waals surface area contributed by atoms with E-state index >= 15 is 0 Å². The molecule has 1 amide bonds. The van der Waals surface area contributed by atoms with Crippen LogP contribution in [0.3, 0.4) is 0 Å². The minimum absolute atomic E-state index is 0.0638. The summed E-state index contributed by atoms with van der Waals surface area (Å²) in [6.45, 7) is 3.76. The van der Waals surface area contributed by atoms with Gasteiger partial charge in [-0.25, -0.2) is 0 Å². The van der Waals surface area contributed by atoms with Gasteiger partial charge in [-0.2, -0.15) is 0 Å². The van der Waals surface area contributed by atoms with Gasteiger partial charge in [-0.3, -0.25) is 4.79 Å². The molecular weight excluding hydrogens is 284 g/mol. The number of amides is 1. The molecule has 0 unspecified atom stereocenters. The predicted octanol–water partition coefficient (Wildman–Crippen LogP) is 3.51. The summed E-state index contributed by atoms with van der Waals surface area (Å²) in [5, 5.41) is 7.09. The van der Waals surface area contributed by atoms with Crippen molar-refractivity contribution in [1.29, 1.82) is 0 Å². The van der Waals surface area contributed by atoms with E-state index in [1.54, 1.807) is 6.92 Å². The standard InChI is InChI=1S/C16H18N2O2S/c1-3-12-15(10(2)20-18-12)16(19)17-13-8-9-21-14-7-5-4-6-11(13)14/h4-7,13H,3,8-9H2,1-2H3,(H,17,19)/t13-/m0/s1. The number of benzene rings is 1. The Labute approximate surface area is 128 Å². The van der Waals surface area contributed by atoms with E-state index in [0.717, 1.165) is 17.9 Å². The molecule has 0 saturated heterocycles. The summed E-state index contributed by atoms with van der Waals surface area (Å²) in [5.74, 6) is 1.52. The van der Waals surface area contributed by atoms with Crippen molar-refractivity contribution in [2.75, 3.05) is 5.75 Å². The average molecular weight is 302 g/mol. The lowest BCUT2D eigenvalue weighted by Gasteiger charge is -2.25. The number of rotatable bonds is 3. The molecule has 0 radical (unpaired) electrons. The fourth-order valence-corrected chi connectivity index (χ4v) is 3.80. The highest BCUT2D eigenvalue weighted by Gasteiger charge is 2.25. The highest BCUT2D eigenvalue weighted by Crippen LogP contribution is 2.36. The molecule has 0 saturated carbocycles. The Kier molecular flexibility index (Phi) is 4.01. The maximum absolute atomic E-state index is 12.6. The lowest BCUT2D eigenvalue weighted by atomic mass is 10.0. The molecule has 1 N–H and O–H groups in total. The van der Waals surface area contributed by atoms with Crippen LogP contribution >= 0.6 is 11.8 Å². The van der Waals surface area contributed by atoms with Gasteiger partial charge in [-0.1, -0.05) is 30.3 Å². The van der Waals surface area contributed by atoms with Crippen molar-refractivity contribution in [2.45, 2.75) is 37.6 Å². The van der Waals surface area contributed by atoms with Gasteiger partial charge in [0.15, 0.2) is 0 Å². The number of fused-ring (bicyclic) bond motifs is 1. The number of thioether (sulfide) groups is 1. The SMILES string of the molecule is CCc1noc(C)c1C(=O)N[C@H]1CCSc2ccccc21. The summed E-state index contributed by atoms with van der Waals surface area (Å²) < 4.78 is 5.15. The number of carbonyl (C=O) groups excluding carboxylic acids is 1. The van der Waals surface area contributed by atoms with E-state index in [4.69, 9.17) is 4.52 Å². The third kappa shape index (κ3) is 2.70. The van der Waals surface area contributed by atoms with Gasteiger partial charge in [-0.15, -0.1) is 11.8 Å². The summed E-state index contributed by atoms with van der Waals surface area (Å²) >= 11 is 1.85. The molecule has 4 nitrogen and oxygen atoms in total. The first kappa shape index (κ1) is 14.2. The molecule has 1 atom stereocenters. The molecule has 3 rings (SSSR count). The third-order valence-corrected chi connectivity index (χ3v) is 4.88. The monoisotopic (exact) mass is 302 g/mol. The first-order valence-electron chi connectivity index (χ1n) is 7.18. The van der Waals surface area contributed by atoms with Crippen molar-refractivity contribution >= 4 is 17.7 Å². The molecule has 0 fully saturated rings. The first-order chi connectivity index (χ1) is 10.2. The second-order valence-corrected chi connectivity index (χ2v) is 6.25. The zero-order valence-electron chi connectivity index (χ0n) is 12.2. The Morgan fingerprint density at radius 1 is 1.48 bits per heavy atom. The van der Waals surface area contributed by atoms with Gasteiger partial charge < -0.3 is 9.84 Å². The van der Waals surface area contributed by atoms with Crippen molar-refractivity contribution in [2.24, 2.45) is 0 Å². The van der Waals surface area contributed by atoms with Crippen LogP contribution < -0.4 is 5.32 Å². The molecule has 5 heteroatoms. The van der Waals surface area contributed by atoms with Crippen LogP contribution in [-0.2, 0) is 6.42 Å². The normalized spacial score (nSPS) is 17.3.